The van der Waals surface area contributed by atoms with Crippen LogP contribution in [0.4, 0.5) is 0 Å². The minimum absolute atomic E-state index is 0.120. The van der Waals surface area contributed by atoms with Crippen molar-refractivity contribution in [3.05, 3.63) is 28.4 Å². The molecule has 8 heteroatoms. The van der Waals surface area contributed by atoms with E-state index in [1.807, 2.05) is 0 Å². The van der Waals surface area contributed by atoms with Crippen molar-refractivity contribution in [1.82, 2.24) is 15.2 Å². The molecule has 16 heavy (non-hydrogen) atoms. The van der Waals surface area contributed by atoms with Gasteiger partial charge >= 0.3 is 5.97 Å². The summed E-state index contributed by atoms with van der Waals surface area (Å²) in [5.74, 6) is -1.15. The van der Waals surface area contributed by atoms with Gasteiger partial charge in [-0.1, -0.05) is 22.9 Å². The third-order valence-corrected chi connectivity index (χ3v) is 3.57. The van der Waals surface area contributed by atoms with E-state index in [1.54, 1.807) is 11.6 Å². The molecule has 0 unspecified atom stereocenters. The fourth-order valence-corrected chi connectivity index (χ4v) is 2.51. The van der Waals surface area contributed by atoms with Gasteiger partial charge in [0.05, 0.1) is 5.02 Å². The first-order valence-corrected chi connectivity index (χ1v) is 6.08. The van der Waals surface area contributed by atoms with E-state index in [0.29, 0.717) is 9.37 Å². The molecule has 0 amide bonds. The average Bonchev–Trinajstić information content (AvgIpc) is 2.73. The van der Waals surface area contributed by atoms with Crippen molar-refractivity contribution in [1.29, 1.82) is 0 Å². The molecule has 2 aromatic rings. The Morgan fingerprint density at radius 3 is 2.94 bits per heavy atom. The maximum Gasteiger partial charge on any atom is 0.356 e. The summed E-state index contributed by atoms with van der Waals surface area (Å²) in [5, 5.41) is 17.0. The zero-order valence-corrected chi connectivity index (χ0v) is 10.0. The molecule has 0 spiro atoms. The van der Waals surface area contributed by atoms with Crippen LogP contribution < -0.4 is 0 Å². The lowest BCUT2D eigenvalue weighted by Crippen LogP contribution is -2.01. The monoisotopic (exact) mass is 273 g/mol. The van der Waals surface area contributed by atoms with Crippen molar-refractivity contribution in [2.45, 2.75) is 9.37 Å². The van der Waals surface area contributed by atoms with Crippen LogP contribution in [0.15, 0.2) is 27.0 Å². The molecule has 0 aromatic carbocycles. The Balaban J connectivity index is 2.29. The molecule has 0 radical (unpaired) electrons. The first kappa shape index (κ1) is 11.3. The number of rotatable bonds is 3. The van der Waals surface area contributed by atoms with Crippen LogP contribution in [0.3, 0.4) is 0 Å². The molecule has 0 aliphatic heterocycles. The first-order valence-electron chi connectivity index (χ1n) is 4.00. The maximum absolute atomic E-state index is 10.8. The molecular formula is C8H4ClN3O2S2. The van der Waals surface area contributed by atoms with Crippen molar-refractivity contribution in [2.24, 2.45) is 0 Å². The lowest BCUT2D eigenvalue weighted by atomic mass is 10.3. The van der Waals surface area contributed by atoms with Crippen molar-refractivity contribution in [3.8, 4) is 0 Å². The lowest BCUT2D eigenvalue weighted by Gasteiger charge is -2.00. The summed E-state index contributed by atoms with van der Waals surface area (Å²) in [5.41, 5.74) is 1.44. The van der Waals surface area contributed by atoms with E-state index in [9.17, 15) is 4.79 Å². The highest BCUT2D eigenvalue weighted by Crippen LogP contribution is 2.28. The predicted molar refractivity (Wildman–Crippen MR) is 60.2 cm³/mol. The number of halogens is 1. The molecule has 5 nitrogen and oxygen atoms in total. The number of nitrogens with zero attached hydrogens (tertiary/aromatic N) is 3. The Morgan fingerprint density at radius 2 is 2.31 bits per heavy atom. The summed E-state index contributed by atoms with van der Waals surface area (Å²) in [6, 6.07) is 3.14. The Labute approximate surface area is 104 Å². The molecule has 2 aromatic heterocycles. The van der Waals surface area contributed by atoms with Gasteiger partial charge in [-0.25, -0.2) is 9.78 Å². The zero-order chi connectivity index (χ0) is 11.5. The minimum Gasteiger partial charge on any atom is -0.476 e. The highest BCUT2D eigenvalue weighted by molar-refractivity contribution is 8.00. The molecule has 1 N–H and O–H groups in total. The molecule has 0 saturated heterocycles. The number of carbonyl (C=O) groups is 1. The second kappa shape index (κ2) is 4.77. The number of hydrogen-bond donors (Lipinski definition) is 1. The van der Waals surface area contributed by atoms with E-state index in [1.165, 1.54) is 29.2 Å². The fraction of sp³-hybridized carbons (Fsp3) is 0. The predicted octanol–water partition coefficient (Wildman–Crippen LogP) is 2.44. The standard InChI is InChI=1S/C8H4ClN3O2S2/c9-4-1-2-5(11-6(4)7(13)14)16-8-12-10-3-15-8/h1-3H,(H,13,14). The molecule has 82 valence electrons. The molecule has 2 heterocycles. The molecule has 0 bridgehead atoms. The normalized spacial score (nSPS) is 10.3. The molecule has 0 aliphatic rings. The van der Waals surface area contributed by atoms with Gasteiger partial charge in [-0.15, -0.1) is 10.2 Å². The average molecular weight is 274 g/mol. The smallest absolute Gasteiger partial charge is 0.356 e. The number of pyridine rings is 1. The first-order chi connectivity index (χ1) is 7.66. The van der Waals surface area contributed by atoms with Crippen molar-refractivity contribution in [2.75, 3.05) is 0 Å². The Kier molecular flexibility index (Phi) is 3.37. The molecule has 0 atom stereocenters. The number of aromatic carboxylic acids is 1. The third-order valence-electron chi connectivity index (χ3n) is 1.55. The molecular weight excluding hydrogens is 270 g/mol. The highest BCUT2D eigenvalue weighted by Gasteiger charge is 2.12. The van der Waals surface area contributed by atoms with Crippen LogP contribution in [0.1, 0.15) is 10.5 Å². The Hall–Kier alpha value is -1.18. The Morgan fingerprint density at radius 1 is 1.50 bits per heavy atom. The third kappa shape index (κ3) is 2.49. The number of hydrogen-bond acceptors (Lipinski definition) is 6. The summed E-state index contributed by atoms with van der Waals surface area (Å²) in [6.07, 6.45) is 0. The number of aromatic nitrogens is 3. The van der Waals surface area contributed by atoms with Gasteiger partial charge in [0, 0.05) is 0 Å². The second-order valence-electron chi connectivity index (χ2n) is 2.59. The lowest BCUT2D eigenvalue weighted by molar-refractivity contribution is 0.0690. The summed E-state index contributed by atoms with van der Waals surface area (Å²) in [7, 11) is 0. The molecule has 0 fully saturated rings. The molecule has 0 aliphatic carbocycles. The number of carboxylic acids is 1. The van der Waals surface area contributed by atoms with E-state index < -0.39 is 5.97 Å². The van der Waals surface area contributed by atoms with Gasteiger partial charge in [-0.2, -0.15) is 0 Å². The summed E-state index contributed by atoms with van der Waals surface area (Å²) >= 11 is 8.30. The number of carboxylic acid groups (broad SMARTS) is 1. The van der Waals surface area contributed by atoms with Crippen LogP contribution >= 0.6 is 34.7 Å². The van der Waals surface area contributed by atoms with Gasteiger partial charge in [0.15, 0.2) is 10.0 Å². The van der Waals surface area contributed by atoms with Crippen molar-refractivity contribution < 1.29 is 9.90 Å². The van der Waals surface area contributed by atoms with Gasteiger partial charge in [0.2, 0.25) is 0 Å². The van der Waals surface area contributed by atoms with E-state index >= 15 is 0 Å². The summed E-state index contributed by atoms with van der Waals surface area (Å²) in [4.78, 5) is 14.7. The van der Waals surface area contributed by atoms with Crippen LogP contribution in [-0.4, -0.2) is 26.3 Å². The van der Waals surface area contributed by atoms with Gasteiger partial charge in [-0.3, -0.25) is 0 Å². The highest BCUT2D eigenvalue weighted by atomic mass is 35.5. The Bertz CT molecular complexity index is 518. The maximum atomic E-state index is 10.8. The quantitative estimate of drug-likeness (QED) is 0.926. The van der Waals surface area contributed by atoms with Crippen LogP contribution in [0, 0.1) is 0 Å². The van der Waals surface area contributed by atoms with E-state index in [-0.39, 0.29) is 10.7 Å². The topological polar surface area (TPSA) is 76.0 Å². The van der Waals surface area contributed by atoms with E-state index in [4.69, 9.17) is 16.7 Å². The van der Waals surface area contributed by atoms with Crippen molar-refractivity contribution >= 4 is 40.7 Å². The molecule has 2 rings (SSSR count). The van der Waals surface area contributed by atoms with Gasteiger partial charge in [0.1, 0.15) is 10.5 Å². The summed E-state index contributed by atoms with van der Waals surface area (Å²) in [6.45, 7) is 0. The SMILES string of the molecule is O=C(O)c1nc(Sc2nncs2)ccc1Cl. The van der Waals surface area contributed by atoms with Gasteiger partial charge in [0.25, 0.3) is 0 Å². The van der Waals surface area contributed by atoms with Crippen LogP contribution in [0.2, 0.25) is 5.02 Å². The van der Waals surface area contributed by atoms with E-state index in [2.05, 4.69) is 15.2 Å². The van der Waals surface area contributed by atoms with Crippen LogP contribution in [0.25, 0.3) is 0 Å². The zero-order valence-electron chi connectivity index (χ0n) is 7.62. The summed E-state index contributed by atoms with van der Waals surface area (Å²) < 4.78 is 0.700. The fourth-order valence-electron chi connectivity index (χ4n) is 0.928. The molecule has 0 saturated carbocycles. The van der Waals surface area contributed by atoms with Gasteiger partial charge in [-0.05, 0) is 23.9 Å². The largest absolute Gasteiger partial charge is 0.476 e. The minimum atomic E-state index is -1.15. The second-order valence-corrected chi connectivity index (χ2v) is 5.10. The van der Waals surface area contributed by atoms with E-state index in [0.717, 1.165) is 0 Å². The van der Waals surface area contributed by atoms with Crippen molar-refractivity contribution in [3.63, 3.8) is 0 Å². The van der Waals surface area contributed by atoms with Crippen LogP contribution in [0.5, 0.6) is 0 Å². The van der Waals surface area contributed by atoms with Crippen LogP contribution in [-0.2, 0) is 0 Å². The van der Waals surface area contributed by atoms with Gasteiger partial charge < -0.3 is 5.11 Å².